The van der Waals surface area contributed by atoms with Crippen molar-refractivity contribution < 1.29 is 4.79 Å². The first kappa shape index (κ1) is 14.0. The maximum atomic E-state index is 11.3. The molecule has 0 aliphatic heterocycles. The highest BCUT2D eigenvalue weighted by Gasteiger charge is 2.03. The number of amides is 1. The third-order valence-electron chi connectivity index (χ3n) is 2.38. The Labute approximate surface area is 108 Å². The maximum absolute atomic E-state index is 11.3. The predicted molar refractivity (Wildman–Crippen MR) is 74.7 cm³/mol. The van der Waals surface area contributed by atoms with Crippen molar-refractivity contribution in [2.24, 2.45) is 10.7 Å². The van der Waals surface area contributed by atoms with E-state index in [2.05, 4.69) is 16.4 Å². The monoisotopic (exact) mass is 248 g/mol. The molecule has 0 atom stereocenters. The largest absolute Gasteiger partial charge is 0.370 e. The number of likely N-dealkylation sites (N-methyl/N-ethyl adjacent to an activating group) is 1. The number of guanidine groups is 1. The van der Waals surface area contributed by atoms with E-state index in [1.807, 2.05) is 26.0 Å². The normalized spacial score (nSPS) is 11.2. The molecule has 1 amide bonds. The van der Waals surface area contributed by atoms with Crippen LogP contribution < -0.4 is 11.1 Å². The van der Waals surface area contributed by atoms with Gasteiger partial charge in [0.25, 0.3) is 0 Å². The molecule has 0 bridgehead atoms. The summed E-state index contributed by atoms with van der Waals surface area (Å²) < 4.78 is 0. The molecule has 0 radical (unpaired) electrons. The first-order valence-electron chi connectivity index (χ1n) is 5.74. The Morgan fingerprint density at radius 3 is 2.33 bits per heavy atom. The molecule has 0 saturated carbocycles. The number of nitrogens with zero attached hydrogens (tertiary/aromatic N) is 2. The summed E-state index contributed by atoms with van der Waals surface area (Å²) in [5.41, 5.74) is 8.90. The number of carbonyl (C=O) groups is 1. The van der Waals surface area contributed by atoms with E-state index in [0.29, 0.717) is 0 Å². The van der Waals surface area contributed by atoms with E-state index >= 15 is 0 Å². The standard InChI is InChI=1S/C13H20N4O/c1-9-5-10(2)7-11(6-9)16-13(14)15-8-12(18)17(3)4/h5-7H,8H2,1-4H3,(H3,14,15,16). The van der Waals surface area contributed by atoms with E-state index in [4.69, 9.17) is 5.73 Å². The van der Waals surface area contributed by atoms with Crippen LogP contribution in [0.3, 0.4) is 0 Å². The highest BCUT2D eigenvalue weighted by Crippen LogP contribution is 2.13. The highest BCUT2D eigenvalue weighted by atomic mass is 16.2. The fraction of sp³-hybridized carbons (Fsp3) is 0.385. The number of rotatable bonds is 3. The summed E-state index contributed by atoms with van der Waals surface area (Å²) in [5, 5.41) is 2.97. The fourth-order valence-corrected chi connectivity index (χ4v) is 1.53. The first-order valence-corrected chi connectivity index (χ1v) is 5.74. The van der Waals surface area contributed by atoms with Crippen molar-refractivity contribution >= 4 is 17.6 Å². The predicted octanol–water partition coefficient (Wildman–Crippen LogP) is 1.12. The molecule has 0 saturated heterocycles. The van der Waals surface area contributed by atoms with Crippen LogP contribution in [0.2, 0.25) is 0 Å². The zero-order chi connectivity index (χ0) is 13.7. The van der Waals surface area contributed by atoms with Crippen LogP contribution >= 0.6 is 0 Å². The molecule has 0 heterocycles. The Morgan fingerprint density at radius 2 is 1.83 bits per heavy atom. The number of nitrogens with one attached hydrogen (secondary N) is 1. The van der Waals surface area contributed by atoms with Crippen molar-refractivity contribution in [3.05, 3.63) is 29.3 Å². The molecule has 0 aliphatic carbocycles. The van der Waals surface area contributed by atoms with Gasteiger partial charge in [-0.3, -0.25) is 4.79 Å². The molecular weight excluding hydrogens is 228 g/mol. The summed E-state index contributed by atoms with van der Waals surface area (Å²) in [5.74, 6) is 0.162. The van der Waals surface area contributed by atoms with Gasteiger partial charge in [-0.05, 0) is 37.1 Å². The average molecular weight is 248 g/mol. The van der Waals surface area contributed by atoms with Gasteiger partial charge >= 0.3 is 0 Å². The van der Waals surface area contributed by atoms with Gasteiger partial charge < -0.3 is 16.0 Å². The molecule has 1 aromatic carbocycles. The number of benzene rings is 1. The summed E-state index contributed by atoms with van der Waals surface area (Å²) in [7, 11) is 3.37. The maximum Gasteiger partial charge on any atom is 0.243 e. The Bertz CT molecular complexity index is 446. The van der Waals surface area contributed by atoms with E-state index in [0.717, 1.165) is 16.8 Å². The SMILES string of the molecule is Cc1cc(C)cc(NC(N)=NCC(=O)N(C)C)c1. The Balaban J connectivity index is 2.66. The minimum absolute atomic E-state index is 0.0522. The third kappa shape index (κ3) is 4.45. The summed E-state index contributed by atoms with van der Waals surface area (Å²) in [6, 6.07) is 6.03. The lowest BCUT2D eigenvalue weighted by Gasteiger charge is -2.10. The summed E-state index contributed by atoms with van der Waals surface area (Å²) in [4.78, 5) is 16.8. The van der Waals surface area contributed by atoms with Gasteiger partial charge in [-0.2, -0.15) is 0 Å². The molecule has 0 spiro atoms. The van der Waals surface area contributed by atoms with Gasteiger partial charge in [-0.15, -0.1) is 0 Å². The van der Waals surface area contributed by atoms with Crippen LogP contribution in [-0.2, 0) is 4.79 Å². The minimum atomic E-state index is -0.0832. The van der Waals surface area contributed by atoms with Crippen molar-refractivity contribution in [2.45, 2.75) is 13.8 Å². The Kier molecular flexibility index (Phi) is 4.71. The molecule has 1 rings (SSSR count). The Morgan fingerprint density at radius 1 is 1.28 bits per heavy atom. The average Bonchev–Trinajstić information content (AvgIpc) is 2.24. The highest BCUT2D eigenvalue weighted by molar-refractivity contribution is 5.94. The first-order chi connectivity index (χ1) is 8.38. The molecule has 5 nitrogen and oxygen atoms in total. The van der Waals surface area contributed by atoms with Crippen molar-refractivity contribution in [1.29, 1.82) is 0 Å². The van der Waals surface area contributed by atoms with Crippen LogP contribution in [-0.4, -0.2) is 37.4 Å². The van der Waals surface area contributed by atoms with Crippen LogP contribution in [0.15, 0.2) is 23.2 Å². The van der Waals surface area contributed by atoms with E-state index in [9.17, 15) is 4.79 Å². The second-order valence-electron chi connectivity index (χ2n) is 4.49. The van der Waals surface area contributed by atoms with Crippen molar-refractivity contribution in [2.75, 3.05) is 26.0 Å². The van der Waals surface area contributed by atoms with Crippen LogP contribution in [0.4, 0.5) is 5.69 Å². The quantitative estimate of drug-likeness (QED) is 0.622. The second kappa shape index (κ2) is 6.05. The van der Waals surface area contributed by atoms with Gasteiger partial charge in [0.2, 0.25) is 5.91 Å². The van der Waals surface area contributed by atoms with Gasteiger partial charge in [-0.25, -0.2) is 4.99 Å². The molecule has 1 aromatic rings. The number of nitrogens with two attached hydrogens (primary N) is 1. The van der Waals surface area contributed by atoms with Crippen molar-refractivity contribution in [3.63, 3.8) is 0 Å². The molecule has 0 aliphatic rings. The number of anilines is 1. The molecule has 0 unspecified atom stereocenters. The molecule has 98 valence electrons. The molecule has 5 heteroatoms. The number of aryl methyl sites for hydroxylation is 2. The molecule has 0 fully saturated rings. The van der Waals surface area contributed by atoms with Crippen LogP contribution in [0.25, 0.3) is 0 Å². The van der Waals surface area contributed by atoms with Crippen molar-refractivity contribution in [1.82, 2.24) is 4.90 Å². The smallest absolute Gasteiger partial charge is 0.243 e. The van der Waals surface area contributed by atoms with Gasteiger partial charge in [0.05, 0.1) is 0 Å². The molecule has 18 heavy (non-hydrogen) atoms. The molecule has 3 N–H and O–H groups in total. The van der Waals surface area contributed by atoms with Crippen molar-refractivity contribution in [3.8, 4) is 0 Å². The van der Waals surface area contributed by atoms with E-state index < -0.39 is 0 Å². The van der Waals surface area contributed by atoms with Gasteiger partial charge in [0.15, 0.2) is 5.96 Å². The lowest BCUT2D eigenvalue weighted by atomic mass is 10.1. The number of aliphatic imine (C=N–C) groups is 1. The summed E-state index contributed by atoms with van der Waals surface area (Å²) in [6.07, 6.45) is 0. The summed E-state index contributed by atoms with van der Waals surface area (Å²) in [6.45, 7) is 4.08. The number of hydrogen-bond acceptors (Lipinski definition) is 2. The molecular formula is C13H20N4O. The molecule has 0 aromatic heterocycles. The number of hydrogen-bond donors (Lipinski definition) is 2. The van der Waals surface area contributed by atoms with E-state index in [-0.39, 0.29) is 18.4 Å². The zero-order valence-electron chi connectivity index (χ0n) is 11.3. The Hall–Kier alpha value is -2.04. The van der Waals surface area contributed by atoms with Crippen LogP contribution in [0.5, 0.6) is 0 Å². The van der Waals surface area contributed by atoms with E-state index in [1.165, 1.54) is 4.90 Å². The minimum Gasteiger partial charge on any atom is -0.370 e. The fourth-order valence-electron chi connectivity index (χ4n) is 1.53. The van der Waals surface area contributed by atoms with Crippen LogP contribution in [0, 0.1) is 13.8 Å². The topological polar surface area (TPSA) is 70.7 Å². The lowest BCUT2D eigenvalue weighted by molar-refractivity contribution is -0.127. The lowest BCUT2D eigenvalue weighted by Crippen LogP contribution is -2.28. The van der Waals surface area contributed by atoms with Gasteiger partial charge in [-0.1, -0.05) is 6.07 Å². The van der Waals surface area contributed by atoms with E-state index in [1.54, 1.807) is 14.1 Å². The number of carbonyl (C=O) groups excluding carboxylic acids is 1. The summed E-state index contributed by atoms with van der Waals surface area (Å²) >= 11 is 0. The third-order valence-corrected chi connectivity index (χ3v) is 2.38. The van der Waals surface area contributed by atoms with Gasteiger partial charge in [0.1, 0.15) is 6.54 Å². The zero-order valence-corrected chi connectivity index (χ0v) is 11.3. The van der Waals surface area contributed by atoms with Gasteiger partial charge in [0, 0.05) is 19.8 Å². The van der Waals surface area contributed by atoms with Crippen LogP contribution in [0.1, 0.15) is 11.1 Å². The second-order valence-corrected chi connectivity index (χ2v) is 4.49.